The lowest BCUT2D eigenvalue weighted by Crippen LogP contribution is -2.28. The van der Waals surface area contributed by atoms with Gasteiger partial charge in [-0.05, 0) is 38.8 Å². The predicted molar refractivity (Wildman–Crippen MR) is 94.4 cm³/mol. The summed E-state index contributed by atoms with van der Waals surface area (Å²) in [4.78, 5) is 29.6. The summed E-state index contributed by atoms with van der Waals surface area (Å²) in [5, 5.41) is 2.97. The molecule has 1 atom stereocenters. The van der Waals surface area contributed by atoms with Crippen LogP contribution in [0.25, 0.3) is 11.4 Å². The number of oxazole rings is 1. The van der Waals surface area contributed by atoms with Gasteiger partial charge in [-0.25, -0.2) is 15.0 Å². The number of pyridine rings is 1. The summed E-state index contributed by atoms with van der Waals surface area (Å²) >= 11 is 0. The molecule has 4 rings (SSSR count). The van der Waals surface area contributed by atoms with Gasteiger partial charge in [-0.3, -0.25) is 9.78 Å². The highest BCUT2D eigenvalue weighted by molar-refractivity contribution is 5.93. The summed E-state index contributed by atoms with van der Waals surface area (Å²) in [5.74, 6) is 1.43. The minimum absolute atomic E-state index is 0.231. The van der Waals surface area contributed by atoms with Crippen LogP contribution in [0.1, 0.15) is 59.2 Å². The summed E-state index contributed by atoms with van der Waals surface area (Å²) in [6.07, 6.45) is 8.61. The molecule has 0 spiro atoms. The maximum absolute atomic E-state index is 12.6. The number of aryl methyl sites for hydroxylation is 1. The lowest BCUT2D eigenvalue weighted by molar-refractivity contribution is 0.0933. The quantitative estimate of drug-likeness (QED) is 0.760. The topological polar surface area (TPSA) is 93.8 Å². The minimum Gasteiger partial charge on any atom is -0.447 e. The van der Waals surface area contributed by atoms with E-state index < -0.39 is 0 Å². The highest BCUT2D eigenvalue weighted by Gasteiger charge is 2.32. The zero-order valence-electron chi connectivity index (χ0n) is 14.6. The summed E-state index contributed by atoms with van der Waals surface area (Å²) in [6, 6.07) is 3.49. The van der Waals surface area contributed by atoms with Crippen LogP contribution in [0, 0.1) is 6.92 Å². The first kappa shape index (κ1) is 16.4. The van der Waals surface area contributed by atoms with Crippen molar-refractivity contribution in [2.24, 2.45) is 0 Å². The van der Waals surface area contributed by atoms with Crippen LogP contribution in [-0.2, 0) is 0 Å². The van der Waals surface area contributed by atoms with Crippen molar-refractivity contribution in [2.45, 2.75) is 38.6 Å². The number of hydrogen-bond donors (Lipinski definition) is 1. The Morgan fingerprint density at radius 2 is 2.04 bits per heavy atom. The van der Waals surface area contributed by atoms with Crippen LogP contribution >= 0.6 is 0 Å². The molecule has 0 unspecified atom stereocenters. The molecule has 7 nitrogen and oxygen atoms in total. The van der Waals surface area contributed by atoms with E-state index in [4.69, 9.17) is 4.42 Å². The molecule has 0 bridgehead atoms. The molecule has 3 heterocycles. The van der Waals surface area contributed by atoms with Gasteiger partial charge in [0, 0.05) is 41.3 Å². The van der Waals surface area contributed by atoms with Crippen LogP contribution in [-0.4, -0.2) is 25.8 Å². The van der Waals surface area contributed by atoms with Gasteiger partial charge in [-0.2, -0.15) is 0 Å². The van der Waals surface area contributed by atoms with Gasteiger partial charge in [-0.1, -0.05) is 0 Å². The SMILES string of the molecule is Cc1nc(-c2ccncc2)ncc1[C@@H](C)NC(=O)c1ncoc1C1CC1. The van der Waals surface area contributed by atoms with Crippen LogP contribution < -0.4 is 5.32 Å². The molecule has 132 valence electrons. The maximum Gasteiger partial charge on any atom is 0.274 e. The van der Waals surface area contributed by atoms with Crippen molar-refractivity contribution < 1.29 is 9.21 Å². The monoisotopic (exact) mass is 349 g/mol. The van der Waals surface area contributed by atoms with Gasteiger partial charge in [0.05, 0.1) is 6.04 Å². The van der Waals surface area contributed by atoms with Crippen molar-refractivity contribution in [1.82, 2.24) is 25.3 Å². The minimum atomic E-state index is -0.238. The van der Waals surface area contributed by atoms with Crippen LogP contribution in [0.2, 0.25) is 0 Å². The smallest absolute Gasteiger partial charge is 0.274 e. The molecule has 3 aromatic heterocycles. The summed E-state index contributed by atoms with van der Waals surface area (Å²) in [7, 11) is 0. The lowest BCUT2D eigenvalue weighted by atomic mass is 10.1. The number of rotatable bonds is 5. The van der Waals surface area contributed by atoms with Crippen molar-refractivity contribution in [3.05, 3.63) is 59.8 Å². The van der Waals surface area contributed by atoms with E-state index in [0.29, 0.717) is 23.2 Å². The largest absolute Gasteiger partial charge is 0.447 e. The molecule has 0 aromatic carbocycles. The highest BCUT2D eigenvalue weighted by Crippen LogP contribution is 2.41. The standard InChI is InChI=1S/C19H19N5O2/c1-11-15(9-21-18(23-11)14-5-7-20-8-6-14)12(2)24-19(25)16-17(13-3-4-13)26-10-22-16/h5-10,12-13H,3-4H2,1-2H3,(H,24,25)/t12-/m1/s1. The Morgan fingerprint density at radius 1 is 1.27 bits per heavy atom. The van der Waals surface area contributed by atoms with Gasteiger partial charge in [0.25, 0.3) is 5.91 Å². The molecule has 7 heteroatoms. The van der Waals surface area contributed by atoms with Crippen molar-refractivity contribution in [3.63, 3.8) is 0 Å². The van der Waals surface area contributed by atoms with E-state index in [1.807, 2.05) is 26.0 Å². The number of nitrogens with zero attached hydrogens (tertiary/aromatic N) is 4. The number of hydrogen-bond acceptors (Lipinski definition) is 6. The molecule has 0 radical (unpaired) electrons. The molecule has 1 fully saturated rings. The van der Waals surface area contributed by atoms with E-state index in [1.165, 1.54) is 6.39 Å². The van der Waals surface area contributed by atoms with Gasteiger partial charge in [0.2, 0.25) is 0 Å². The van der Waals surface area contributed by atoms with Gasteiger partial charge in [-0.15, -0.1) is 0 Å². The molecule has 1 N–H and O–H groups in total. The van der Waals surface area contributed by atoms with Gasteiger partial charge in [0.1, 0.15) is 5.76 Å². The first-order valence-corrected chi connectivity index (χ1v) is 8.61. The second kappa shape index (κ2) is 6.67. The van der Waals surface area contributed by atoms with Gasteiger partial charge >= 0.3 is 0 Å². The molecular weight excluding hydrogens is 330 g/mol. The summed E-state index contributed by atoms with van der Waals surface area (Å²) < 4.78 is 5.38. The van der Waals surface area contributed by atoms with Crippen molar-refractivity contribution >= 4 is 5.91 Å². The Hall–Kier alpha value is -3.09. The molecule has 26 heavy (non-hydrogen) atoms. The zero-order valence-corrected chi connectivity index (χ0v) is 14.6. The Balaban J connectivity index is 1.52. The molecule has 1 saturated carbocycles. The van der Waals surface area contributed by atoms with E-state index in [-0.39, 0.29) is 11.9 Å². The fourth-order valence-electron chi connectivity index (χ4n) is 2.95. The van der Waals surface area contributed by atoms with E-state index in [1.54, 1.807) is 18.6 Å². The number of carbonyl (C=O) groups is 1. The van der Waals surface area contributed by atoms with E-state index in [0.717, 1.165) is 29.7 Å². The average molecular weight is 349 g/mol. The first-order chi connectivity index (χ1) is 12.6. The zero-order chi connectivity index (χ0) is 18.1. The lowest BCUT2D eigenvalue weighted by Gasteiger charge is -2.16. The van der Waals surface area contributed by atoms with Crippen LogP contribution in [0.5, 0.6) is 0 Å². The Bertz CT molecular complexity index is 934. The molecule has 0 saturated heterocycles. The van der Waals surface area contributed by atoms with Crippen LogP contribution in [0.4, 0.5) is 0 Å². The fraction of sp³-hybridized carbons (Fsp3) is 0.316. The molecule has 1 aliphatic carbocycles. The number of amides is 1. The molecule has 0 aliphatic heterocycles. The molecule has 1 aliphatic rings. The van der Waals surface area contributed by atoms with Gasteiger partial charge < -0.3 is 9.73 Å². The van der Waals surface area contributed by atoms with Crippen molar-refractivity contribution in [3.8, 4) is 11.4 Å². The van der Waals surface area contributed by atoms with Crippen LogP contribution in [0.15, 0.2) is 41.5 Å². The first-order valence-electron chi connectivity index (χ1n) is 8.61. The highest BCUT2D eigenvalue weighted by atomic mass is 16.3. The number of carbonyl (C=O) groups excluding carboxylic acids is 1. The number of nitrogens with one attached hydrogen (secondary N) is 1. The van der Waals surface area contributed by atoms with E-state index >= 15 is 0 Å². The van der Waals surface area contributed by atoms with E-state index in [9.17, 15) is 4.79 Å². The Labute approximate surface area is 150 Å². The molecule has 3 aromatic rings. The fourth-order valence-corrected chi connectivity index (χ4v) is 2.95. The number of aromatic nitrogens is 4. The van der Waals surface area contributed by atoms with Crippen LogP contribution in [0.3, 0.4) is 0 Å². The third-order valence-electron chi connectivity index (χ3n) is 4.53. The third kappa shape index (κ3) is 3.20. The second-order valence-corrected chi connectivity index (χ2v) is 6.50. The van der Waals surface area contributed by atoms with Gasteiger partial charge in [0.15, 0.2) is 17.9 Å². The maximum atomic E-state index is 12.6. The normalized spacial score (nSPS) is 14.8. The summed E-state index contributed by atoms with van der Waals surface area (Å²) in [5.41, 5.74) is 2.98. The molecule has 1 amide bonds. The Kier molecular flexibility index (Phi) is 4.20. The van der Waals surface area contributed by atoms with Crippen molar-refractivity contribution in [2.75, 3.05) is 0 Å². The van der Waals surface area contributed by atoms with E-state index in [2.05, 4.69) is 25.3 Å². The van der Waals surface area contributed by atoms with Crippen molar-refractivity contribution in [1.29, 1.82) is 0 Å². The Morgan fingerprint density at radius 3 is 2.73 bits per heavy atom. The second-order valence-electron chi connectivity index (χ2n) is 6.50. The predicted octanol–water partition coefficient (Wildman–Crippen LogP) is 3.20. The average Bonchev–Trinajstić information content (AvgIpc) is 3.38. The summed E-state index contributed by atoms with van der Waals surface area (Å²) in [6.45, 7) is 3.82. The molecular formula is C19H19N5O2. The third-order valence-corrected chi connectivity index (χ3v) is 4.53.